The van der Waals surface area contributed by atoms with E-state index in [9.17, 15) is 0 Å². The number of nitrogens with zero attached hydrogens (tertiary/aromatic N) is 1. The lowest BCUT2D eigenvalue weighted by atomic mass is 10.0. The average Bonchev–Trinajstić information content (AvgIpc) is 2.35. The Kier molecular flexibility index (Phi) is 5.17. The molecule has 18 heavy (non-hydrogen) atoms. The average molecular weight is 250 g/mol. The molecule has 1 aromatic carbocycles. The third-order valence-electron chi connectivity index (χ3n) is 3.55. The van der Waals surface area contributed by atoms with Gasteiger partial charge in [-0.3, -0.25) is 0 Å². The van der Waals surface area contributed by atoms with E-state index in [2.05, 4.69) is 39.8 Å². The highest BCUT2D eigenvalue weighted by Crippen LogP contribution is 2.26. The van der Waals surface area contributed by atoms with Crippen LogP contribution in [0.1, 0.15) is 38.8 Å². The van der Waals surface area contributed by atoms with Gasteiger partial charge in [-0.05, 0) is 40.4 Å². The van der Waals surface area contributed by atoms with E-state index in [1.165, 1.54) is 0 Å². The van der Waals surface area contributed by atoms with Gasteiger partial charge in [0.25, 0.3) is 0 Å². The van der Waals surface area contributed by atoms with Crippen molar-refractivity contribution in [2.75, 3.05) is 20.7 Å². The molecule has 0 aromatic heterocycles. The predicted molar refractivity (Wildman–Crippen MR) is 76.9 cm³/mol. The van der Waals surface area contributed by atoms with Gasteiger partial charge in [-0.15, -0.1) is 0 Å². The minimum Gasteiger partial charge on any atom is -0.491 e. The van der Waals surface area contributed by atoms with Crippen LogP contribution in [-0.4, -0.2) is 31.1 Å². The molecule has 0 radical (unpaired) electrons. The first-order valence-electron chi connectivity index (χ1n) is 6.53. The van der Waals surface area contributed by atoms with E-state index in [-0.39, 0.29) is 11.6 Å². The number of para-hydroxylation sites is 1. The van der Waals surface area contributed by atoms with E-state index in [1.54, 1.807) is 0 Å². The van der Waals surface area contributed by atoms with Crippen LogP contribution in [0.5, 0.6) is 5.75 Å². The molecule has 1 aromatic rings. The first kappa shape index (κ1) is 15.0. The van der Waals surface area contributed by atoms with Crippen LogP contribution in [0, 0.1) is 0 Å². The Labute approximate surface area is 111 Å². The zero-order valence-corrected chi connectivity index (χ0v) is 12.2. The number of nitrogens with two attached hydrogens (primary N) is 1. The van der Waals surface area contributed by atoms with Crippen LogP contribution < -0.4 is 10.5 Å². The van der Waals surface area contributed by atoms with Crippen molar-refractivity contribution in [2.24, 2.45) is 5.73 Å². The van der Waals surface area contributed by atoms with Gasteiger partial charge in [0.2, 0.25) is 0 Å². The van der Waals surface area contributed by atoms with Gasteiger partial charge >= 0.3 is 0 Å². The molecular formula is C15H26N2O. The summed E-state index contributed by atoms with van der Waals surface area (Å²) in [4.78, 5) is 2.16. The van der Waals surface area contributed by atoms with Crippen molar-refractivity contribution < 1.29 is 4.74 Å². The zero-order chi connectivity index (χ0) is 13.8. The monoisotopic (exact) mass is 250 g/mol. The molecule has 0 aliphatic rings. The summed E-state index contributed by atoms with van der Waals surface area (Å²) < 4.78 is 5.96. The number of ether oxygens (including phenoxy) is 1. The summed E-state index contributed by atoms with van der Waals surface area (Å²) in [5, 5.41) is 0. The maximum absolute atomic E-state index is 6.10. The zero-order valence-electron chi connectivity index (χ0n) is 12.2. The lowest BCUT2D eigenvalue weighted by Gasteiger charge is -2.32. The fourth-order valence-electron chi connectivity index (χ4n) is 1.52. The largest absolute Gasteiger partial charge is 0.491 e. The first-order valence-corrected chi connectivity index (χ1v) is 6.53. The third kappa shape index (κ3) is 3.72. The highest BCUT2D eigenvalue weighted by molar-refractivity contribution is 5.35. The van der Waals surface area contributed by atoms with E-state index in [0.29, 0.717) is 6.61 Å². The van der Waals surface area contributed by atoms with Gasteiger partial charge < -0.3 is 15.4 Å². The molecule has 102 valence electrons. The van der Waals surface area contributed by atoms with Crippen molar-refractivity contribution in [3.8, 4) is 5.75 Å². The molecule has 0 bridgehead atoms. The first-order chi connectivity index (χ1) is 8.38. The summed E-state index contributed by atoms with van der Waals surface area (Å²) in [6, 6.07) is 8.09. The topological polar surface area (TPSA) is 38.5 Å². The summed E-state index contributed by atoms with van der Waals surface area (Å²) >= 11 is 0. The van der Waals surface area contributed by atoms with Crippen LogP contribution >= 0.6 is 0 Å². The van der Waals surface area contributed by atoms with Crippen LogP contribution in [-0.2, 0) is 0 Å². The van der Waals surface area contributed by atoms with E-state index < -0.39 is 0 Å². The van der Waals surface area contributed by atoms with E-state index in [4.69, 9.17) is 10.5 Å². The summed E-state index contributed by atoms with van der Waals surface area (Å²) in [7, 11) is 4.13. The highest BCUT2D eigenvalue weighted by Gasteiger charge is 2.22. The fraction of sp³-hybridized carbons (Fsp3) is 0.600. The molecule has 3 nitrogen and oxygen atoms in total. The van der Waals surface area contributed by atoms with Gasteiger partial charge in [-0.25, -0.2) is 0 Å². The molecule has 0 aliphatic carbocycles. The number of benzene rings is 1. The molecule has 1 rings (SSSR count). The summed E-state index contributed by atoms with van der Waals surface area (Å²) in [6.45, 7) is 7.06. The number of likely N-dealkylation sites (N-methyl/N-ethyl adjacent to an activating group) is 1. The van der Waals surface area contributed by atoms with Crippen molar-refractivity contribution in [2.45, 2.75) is 38.8 Å². The predicted octanol–water partition coefficient (Wildman–Crippen LogP) is 2.82. The van der Waals surface area contributed by atoms with Crippen molar-refractivity contribution in [1.82, 2.24) is 4.90 Å². The van der Waals surface area contributed by atoms with Gasteiger partial charge in [0, 0.05) is 17.1 Å². The molecule has 2 N–H and O–H groups in total. The molecular weight excluding hydrogens is 224 g/mol. The van der Waals surface area contributed by atoms with Gasteiger partial charge in [0.1, 0.15) is 12.4 Å². The molecule has 3 heteroatoms. The molecule has 0 saturated heterocycles. The van der Waals surface area contributed by atoms with E-state index in [0.717, 1.165) is 17.7 Å². The van der Waals surface area contributed by atoms with Crippen LogP contribution in [0.25, 0.3) is 0 Å². The Hall–Kier alpha value is -1.06. The maximum atomic E-state index is 6.10. The van der Waals surface area contributed by atoms with Gasteiger partial charge in [-0.1, -0.05) is 25.1 Å². The molecule has 0 unspecified atom stereocenters. The Morgan fingerprint density at radius 2 is 1.89 bits per heavy atom. The summed E-state index contributed by atoms with van der Waals surface area (Å²) in [5.74, 6) is 0.904. The highest BCUT2D eigenvalue weighted by atomic mass is 16.5. The van der Waals surface area contributed by atoms with Crippen LogP contribution in [0.15, 0.2) is 24.3 Å². The summed E-state index contributed by atoms with van der Waals surface area (Å²) in [5.41, 5.74) is 7.20. The molecule has 0 aliphatic heterocycles. The molecule has 0 fully saturated rings. The second kappa shape index (κ2) is 6.21. The van der Waals surface area contributed by atoms with E-state index >= 15 is 0 Å². The normalized spacial score (nSPS) is 13.7. The standard InChI is InChI=1S/C15H26N2O/c1-6-13(16)12-9-7-8-10-14(12)18-11-15(2,3)17(4)5/h7-10,13H,6,11,16H2,1-5H3/t13-/m1/s1. The Morgan fingerprint density at radius 1 is 1.28 bits per heavy atom. The Morgan fingerprint density at radius 3 is 2.44 bits per heavy atom. The molecule has 0 amide bonds. The van der Waals surface area contributed by atoms with Crippen LogP contribution in [0.3, 0.4) is 0 Å². The number of hydrogen-bond acceptors (Lipinski definition) is 3. The lowest BCUT2D eigenvalue weighted by molar-refractivity contribution is 0.113. The van der Waals surface area contributed by atoms with E-state index in [1.807, 2.05) is 24.3 Å². The second-order valence-electron chi connectivity index (χ2n) is 5.55. The molecule has 0 spiro atoms. The van der Waals surface area contributed by atoms with Crippen molar-refractivity contribution >= 4 is 0 Å². The van der Waals surface area contributed by atoms with Crippen molar-refractivity contribution in [3.05, 3.63) is 29.8 Å². The second-order valence-corrected chi connectivity index (χ2v) is 5.55. The molecule has 0 heterocycles. The van der Waals surface area contributed by atoms with Gasteiger partial charge in [-0.2, -0.15) is 0 Å². The Bertz CT molecular complexity index is 375. The molecule has 0 saturated carbocycles. The number of rotatable bonds is 6. The van der Waals surface area contributed by atoms with Crippen molar-refractivity contribution in [3.63, 3.8) is 0 Å². The lowest BCUT2D eigenvalue weighted by Crippen LogP contribution is -2.43. The summed E-state index contributed by atoms with van der Waals surface area (Å²) in [6.07, 6.45) is 0.914. The third-order valence-corrected chi connectivity index (χ3v) is 3.55. The minimum atomic E-state index is 0.00339. The van der Waals surface area contributed by atoms with Gasteiger partial charge in [0.05, 0.1) is 0 Å². The minimum absolute atomic E-state index is 0.00339. The van der Waals surface area contributed by atoms with Crippen molar-refractivity contribution in [1.29, 1.82) is 0 Å². The van der Waals surface area contributed by atoms with Crippen LogP contribution in [0.2, 0.25) is 0 Å². The quantitative estimate of drug-likeness (QED) is 0.843. The maximum Gasteiger partial charge on any atom is 0.124 e. The SMILES string of the molecule is CC[C@@H](N)c1ccccc1OCC(C)(C)N(C)C. The fourth-order valence-corrected chi connectivity index (χ4v) is 1.52. The van der Waals surface area contributed by atoms with Gasteiger partial charge in [0.15, 0.2) is 0 Å². The van der Waals surface area contributed by atoms with Crippen LogP contribution in [0.4, 0.5) is 0 Å². The Balaban J connectivity index is 2.79. The number of hydrogen-bond donors (Lipinski definition) is 1. The molecule has 1 atom stereocenters. The smallest absolute Gasteiger partial charge is 0.124 e.